The van der Waals surface area contributed by atoms with Crippen LogP contribution in [0.4, 0.5) is 5.69 Å². The van der Waals surface area contributed by atoms with Crippen molar-refractivity contribution in [1.82, 2.24) is 0 Å². The van der Waals surface area contributed by atoms with Crippen LogP contribution in [0.5, 0.6) is 0 Å². The Hall–Kier alpha value is -2.62. The Morgan fingerprint density at radius 1 is 1.20 bits per heavy atom. The predicted molar refractivity (Wildman–Crippen MR) is 169 cm³/mol. The number of ketones is 2. The molecule has 1 aromatic carbocycles. The van der Waals surface area contributed by atoms with Crippen LogP contribution in [0.3, 0.4) is 0 Å². The maximum absolute atomic E-state index is 13.8. The van der Waals surface area contributed by atoms with Crippen LogP contribution in [0.25, 0.3) is 0 Å². The van der Waals surface area contributed by atoms with E-state index in [0.717, 1.165) is 35.4 Å². The number of allylic oxidation sites excluding steroid dienone is 4. The number of ether oxygens (including phenoxy) is 2. The molecular formula is C36H43NO6S. The lowest BCUT2D eigenvalue weighted by atomic mass is 9.46. The molecule has 1 aliphatic heterocycles. The number of hydrogen-bond acceptors (Lipinski definition) is 8. The summed E-state index contributed by atoms with van der Waals surface area (Å²) in [6.07, 6.45) is 6.89. The van der Waals surface area contributed by atoms with Gasteiger partial charge >= 0.3 is 0 Å². The first-order valence-corrected chi connectivity index (χ1v) is 16.8. The molecule has 234 valence electrons. The monoisotopic (exact) mass is 617 g/mol. The SMILES string of the molecule is CC(C)Nc1cccc(Cc2ccc([C@@H]3O[C@@H]4C[C@H]5[C@@H]6CCC7=CC(=O)C=C[C@]7(C)[C@H]6[C@@H](O)C[C@]5(C)[C@]4(C(=O)CO)O3)s2)c1. The van der Waals surface area contributed by atoms with Crippen molar-refractivity contribution >= 4 is 28.6 Å². The third-order valence-corrected chi connectivity index (χ3v) is 12.6. The number of carbonyl (C=O) groups excluding carboxylic acids is 2. The van der Waals surface area contributed by atoms with E-state index >= 15 is 0 Å². The summed E-state index contributed by atoms with van der Waals surface area (Å²) in [6.45, 7) is 7.83. The minimum absolute atomic E-state index is 0.00943. The van der Waals surface area contributed by atoms with Crippen molar-refractivity contribution < 1.29 is 29.3 Å². The van der Waals surface area contributed by atoms with Gasteiger partial charge in [0.05, 0.1) is 17.1 Å². The van der Waals surface area contributed by atoms with Crippen LogP contribution in [-0.4, -0.2) is 52.2 Å². The molecule has 0 bridgehead atoms. The summed E-state index contributed by atoms with van der Waals surface area (Å²) in [5, 5.41) is 25.6. The van der Waals surface area contributed by atoms with E-state index in [9.17, 15) is 19.8 Å². The molecule has 0 radical (unpaired) electrons. The minimum Gasteiger partial charge on any atom is -0.393 e. The smallest absolute Gasteiger partial charge is 0.194 e. The number of Topliss-reactive ketones (excluding diaryl/α,β-unsaturated/α-hetero) is 1. The molecule has 0 spiro atoms. The lowest BCUT2D eigenvalue weighted by Crippen LogP contribution is -2.63. The maximum Gasteiger partial charge on any atom is 0.194 e. The van der Waals surface area contributed by atoms with Gasteiger partial charge in [0.1, 0.15) is 6.61 Å². The molecule has 0 unspecified atom stereocenters. The van der Waals surface area contributed by atoms with Gasteiger partial charge in [-0.1, -0.05) is 37.6 Å². The first-order valence-electron chi connectivity index (χ1n) is 16.0. The number of benzene rings is 1. The van der Waals surface area contributed by atoms with E-state index in [-0.39, 0.29) is 29.3 Å². The molecule has 9 atom stereocenters. The largest absolute Gasteiger partial charge is 0.393 e. The Bertz CT molecular complexity index is 1540. The zero-order valence-electron chi connectivity index (χ0n) is 25.9. The number of rotatable bonds is 7. The summed E-state index contributed by atoms with van der Waals surface area (Å²) in [5.41, 5.74) is 0.963. The molecule has 7 rings (SSSR count). The van der Waals surface area contributed by atoms with Gasteiger partial charge in [0.25, 0.3) is 0 Å². The van der Waals surface area contributed by atoms with Gasteiger partial charge < -0.3 is 25.0 Å². The molecule has 7 nitrogen and oxygen atoms in total. The third-order valence-electron chi connectivity index (χ3n) is 11.5. The molecule has 2 heterocycles. The molecule has 2 aromatic rings. The fraction of sp³-hybridized carbons (Fsp3) is 0.556. The fourth-order valence-corrected chi connectivity index (χ4v) is 10.7. The van der Waals surface area contributed by atoms with Crippen LogP contribution in [-0.2, 0) is 25.5 Å². The van der Waals surface area contributed by atoms with Crippen molar-refractivity contribution in [2.24, 2.45) is 28.6 Å². The molecule has 3 N–H and O–H groups in total. The van der Waals surface area contributed by atoms with Crippen molar-refractivity contribution in [1.29, 1.82) is 0 Å². The molecule has 0 amide bonds. The normalized spacial score (nSPS) is 39.0. The summed E-state index contributed by atoms with van der Waals surface area (Å²) in [4.78, 5) is 28.1. The van der Waals surface area contributed by atoms with Crippen LogP contribution in [0, 0.1) is 28.6 Å². The first kappa shape index (κ1) is 30.1. The topological polar surface area (TPSA) is 105 Å². The highest BCUT2D eigenvalue weighted by Crippen LogP contribution is 2.70. The zero-order chi connectivity index (χ0) is 31.0. The Morgan fingerprint density at radius 3 is 2.80 bits per heavy atom. The lowest BCUT2D eigenvalue weighted by Gasteiger charge is -2.59. The zero-order valence-corrected chi connectivity index (χ0v) is 26.7. The van der Waals surface area contributed by atoms with Gasteiger partial charge in [-0.25, -0.2) is 0 Å². The molecule has 5 aliphatic rings. The number of anilines is 1. The van der Waals surface area contributed by atoms with Gasteiger partial charge in [-0.3, -0.25) is 9.59 Å². The van der Waals surface area contributed by atoms with Crippen LogP contribution in [0.1, 0.15) is 75.0 Å². The predicted octanol–water partition coefficient (Wildman–Crippen LogP) is 5.76. The van der Waals surface area contributed by atoms with Gasteiger partial charge in [0.2, 0.25) is 0 Å². The molecule has 44 heavy (non-hydrogen) atoms. The quantitative estimate of drug-likeness (QED) is 0.363. The average molecular weight is 618 g/mol. The van der Waals surface area contributed by atoms with E-state index in [1.165, 1.54) is 10.4 Å². The van der Waals surface area contributed by atoms with E-state index in [1.54, 1.807) is 23.5 Å². The second kappa shape index (κ2) is 10.7. The average Bonchev–Trinajstić information content (AvgIpc) is 3.65. The van der Waals surface area contributed by atoms with Crippen LogP contribution in [0.2, 0.25) is 0 Å². The third kappa shape index (κ3) is 4.43. The van der Waals surface area contributed by atoms with Crippen LogP contribution >= 0.6 is 11.3 Å². The number of thiophene rings is 1. The van der Waals surface area contributed by atoms with E-state index in [1.807, 2.05) is 12.1 Å². The van der Waals surface area contributed by atoms with Crippen molar-refractivity contribution in [3.05, 3.63) is 75.5 Å². The number of aliphatic hydroxyl groups excluding tert-OH is 2. The minimum atomic E-state index is -1.33. The molecule has 8 heteroatoms. The van der Waals surface area contributed by atoms with Gasteiger partial charge in [0, 0.05) is 39.8 Å². The van der Waals surface area contributed by atoms with E-state index in [0.29, 0.717) is 18.9 Å². The Labute approximate surface area is 263 Å². The number of carbonyl (C=O) groups is 2. The first-order chi connectivity index (χ1) is 21.0. The van der Waals surface area contributed by atoms with Crippen LogP contribution in [0.15, 0.2) is 60.2 Å². The second-order valence-electron chi connectivity index (χ2n) is 14.3. The van der Waals surface area contributed by atoms with Crippen molar-refractivity contribution in [3.8, 4) is 0 Å². The summed E-state index contributed by atoms with van der Waals surface area (Å²) in [7, 11) is 0. The van der Waals surface area contributed by atoms with E-state index in [2.05, 4.69) is 63.3 Å². The Morgan fingerprint density at radius 2 is 2.02 bits per heavy atom. The molecule has 1 saturated heterocycles. The van der Waals surface area contributed by atoms with E-state index < -0.39 is 41.5 Å². The molecule has 1 aromatic heterocycles. The lowest BCUT2D eigenvalue weighted by molar-refractivity contribution is -0.200. The van der Waals surface area contributed by atoms with Crippen LogP contribution < -0.4 is 5.32 Å². The highest BCUT2D eigenvalue weighted by molar-refractivity contribution is 7.12. The molecule has 4 aliphatic carbocycles. The molecular weight excluding hydrogens is 574 g/mol. The highest BCUT2D eigenvalue weighted by atomic mass is 32.1. The van der Waals surface area contributed by atoms with Crippen molar-refractivity contribution in [2.45, 2.75) is 89.9 Å². The summed E-state index contributed by atoms with van der Waals surface area (Å²) >= 11 is 1.63. The number of aliphatic hydroxyl groups is 2. The van der Waals surface area contributed by atoms with Gasteiger partial charge in [-0.15, -0.1) is 11.3 Å². The Kier molecular flexibility index (Phi) is 7.33. The summed E-state index contributed by atoms with van der Waals surface area (Å²) < 4.78 is 13.4. The van der Waals surface area contributed by atoms with Gasteiger partial charge in [-0.2, -0.15) is 0 Å². The van der Waals surface area contributed by atoms with Crippen molar-refractivity contribution in [3.63, 3.8) is 0 Å². The molecule has 3 saturated carbocycles. The molecule has 4 fully saturated rings. The fourth-order valence-electron chi connectivity index (χ4n) is 9.73. The second-order valence-corrected chi connectivity index (χ2v) is 15.5. The van der Waals surface area contributed by atoms with Gasteiger partial charge in [0.15, 0.2) is 23.5 Å². The van der Waals surface area contributed by atoms with E-state index in [4.69, 9.17) is 9.47 Å². The van der Waals surface area contributed by atoms with Crippen molar-refractivity contribution in [2.75, 3.05) is 11.9 Å². The number of nitrogens with one attached hydrogen (secondary N) is 1. The highest BCUT2D eigenvalue weighted by Gasteiger charge is 2.76. The number of fused-ring (bicyclic) bond motifs is 7. The Balaban J connectivity index is 1.16. The standard InChI is InChI=1S/C36H43NO6S/c1-20(2)37-23-7-5-6-21(14-23)15-25-9-11-29(44-25)33-42-31-17-27-26-10-8-22-16-24(39)12-13-34(22,3)32(26)28(40)18-35(27,4)36(31,43-33)30(41)19-38/h5-7,9,11-14,16,20,26-28,31-33,37-38,40H,8,10,15,17-19H2,1-4H3/t26-,27-,28-,31+,32+,33+,34-,35-,36+/m0/s1. The summed E-state index contributed by atoms with van der Waals surface area (Å²) in [5.74, 6) is -0.201. The maximum atomic E-state index is 13.8. The number of hydrogen-bond donors (Lipinski definition) is 3. The van der Waals surface area contributed by atoms with Gasteiger partial charge in [-0.05, 0) is 93.3 Å². The summed E-state index contributed by atoms with van der Waals surface area (Å²) in [6, 6.07) is 12.9.